The molecule has 0 atom stereocenters. The minimum atomic E-state index is 0.716. The second-order valence-electron chi connectivity index (χ2n) is 7.68. The smallest absolute Gasteiger partial charge is 0.127 e. The van der Waals surface area contributed by atoms with Crippen molar-refractivity contribution >= 4 is 60.8 Å². The van der Waals surface area contributed by atoms with E-state index in [9.17, 15) is 0 Å². The van der Waals surface area contributed by atoms with Gasteiger partial charge in [0, 0.05) is 34.0 Å². The van der Waals surface area contributed by atoms with Crippen molar-refractivity contribution in [1.29, 1.82) is 0 Å². The van der Waals surface area contributed by atoms with Crippen molar-refractivity contribution < 1.29 is 0 Å². The summed E-state index contributed by atoms with van der Waals surface area (Å²) < 4.78 is 3.18. The molecule has 30 heavy (non-hydrogen) atoms. The molecule has 6 aromatic rings. The molecule has 0 radical (unpaired) electrons. The minimum Gasteiger partial charge on any atom is -0.275 e. The number of rotatable bonds is 3. The van der Waals surface area contributed by atoms with Crippen LogP contribution < -0.4 is 0 Å². The highest BCUT2D eigenvalue weighted by molar-refractivity contribution is 8.02. The summed E-state index contributed by atoms with van der Waals surface area (Å²) in [6.07, 6.45) is 9.46. The highest BCUT2D eigenvalue weighted by Gasteiger charge is 2.24. The van der Waals surface area contributed by atoms with Gasteiger partial charge in [0.1, 0.15) is 4.83 Å². The Labute approximate surface area is 179 Å². The summed E-state index contributed by atoms with van der Waals surface area (Å²) in [5.74, 6) is 0. The first kappa shape index (κ1) is 16.8. The fourth-order valence-electron chi connectivity index (χ4n) is 4.05. The van der Waals surface area contributed by atoms with Gasteiger partial charge in [0.25, 0.3) is 0 Å². The van der Waals surface area contributed by atoms with Crippen molar-refractivity contribution in [2.75, 3.05) is 0 Å². The van der Waals surface area contributed by atoms with Crippen LogP contribution in [-0.2, 0) is 0 Å². The molecule has 1 saturated carbocycles. The molecular formula is C22H16N6S2. The highest BCUT2D eigenvalue weighted by Crippen LogP contribution is 2.46. The Morgan fingerprint density at radius 1 is 1.10 bits per heavy atom. The third kappa shape index (κ3) is 2.44. The normalized spacial score (nSPS) is 14.9. The van der Waals surface area contributed by atoms with Crippen molar-refractivity contribution in [3.8, 4) is 11.3 Å². The molecule has 146 valence electrons. The summed E-state index contributed by atoms with van der Waals surface area (Å²) >= 11 is 3.76. The topological polar surface area (TPSA) is 71.8 Å². The molecule has 6 aromatic heterocycles. The van der Waals surface area contributed by atoms with Crippen LogP contribution in [-0.4, -0.2) is 35.0 Å². The number of H-pyrrole nitrogens is 1. The molecule has 6 nitrogen and oxygen atoms in total. The lowest BCUT2D eigenvalue weighted by atomic mass is 10.0. The van der Waals surface area contributed by atoms with Gasteiger partial charge in [0.2, 0.25) is 0 Å². The molecule has 1 aliphatic carbocycles. The van der Waals surface area contributed by atoms with Crippen LogP contribution >= 0.6 is 23.1 Å². The number of pyridine rings is 3. The maximum atomic E-state index is 5.05. The van der Waals surface area contributed by atoms with E-state index in [0.29, 0.717) is 5.25 Å². The van der Waals surface area contributed by atoms with Crippen molar-refractivity contribution in [3.63, 3.8) is 0 Å². The van der Waals surface area contributed by atoms with Gasteiger partial charge in [0.05, 0.1) is 38.2 Å². The molecule has 7 rings (SSSR count). The Bertz CT molecular complexity index is 1570. The number of thiophene rings is 1. The molecule has 8 heteroatoms. The fraction of sp³-hybridized carbons (Fsp3) is 0.182. The zero-order valence-corrected chi connectivity index (χ0v) is 17.5. The van der Waals surface area contributed by atoms with Gasteiger partial charge in [-0.1, -0.05) is 6.42 Å². The van der Waals surface area contributed by atoms with Crippen LogP contribution in [0.5, 0.6) is 0 Å². The number of thioether (sulfide) groups is 1. The Morgan fingerprint density at radius 2 is 2.07 bits per heavy atom. The second kappa shape index (κ2) is 6.26. The monoisotopic (exact) mass is 428 g/mol. The second-order valence-corrected chi connectivity index (χ2v) is 10.2. The van der Waals surface area contributed by atoms with E-state index in [2.05, 4.69) is 32.3 Å². The zero-order valence-electron chi connectivity index (χ0n) is 15.9. The quantitative estimate of drug-likeness (QED) is 0.393. The number of aromatic amines is 1. The van der Waals surface area contributed by atoms with Gasteiger partial charge in [-0.3, -0.25) is 15.1 Å². The van der Waals surface area contributed by atoms with Crippen molar-refractivity contribution in [2.24, 2.45) is 0 Å². The summed E-state index contributed by atoms with van der Waals surface area (Å²) in [4.78, 5) is 15.2. The molecule has 1 aliphatic rings. The van der Waals surface area contributed by atoms with Crippen LogP contribution in [0, 0.1) is 0 Å². The lowest BCUT2D eigenvalue weighted by molar-refractivity contribution is 0.522. The van der Waals surface area contributed by atoms with E-state index < -0.39 is 0 Å². The average molecular weight is 429 g/mol. The molecule has 0 aromatic carbocycles. The molecule has 0 saturated heterocycles. The van der Waals surface area contributed by atoms with Crippen LogP contribution in [0.15, 0.2) is 53.1 Å². The first-order valence-corrected chi connectivity index (χ1v) is 11.7. The highest BCUT2D eigenvalue weighted by atomic mass is 32.2. The van der Waals surface area contributed by atoms with E-state index in [1.165, 1.54) is 34.2 Å². The van der Waals surface area contributed by atoms with E-state index in [1.807, 2.05) is 47.0 Å². The van der Waals surface area contributed by atoms with Crippen LogP contribution in [0.25, 0.3) is 48.9 Å². The van der Waals surface area contributed by atoms with Gasteiger partial charge in [-0.05, 0) is 43.2 Å². The molecule has 1 fully saturated rings. The summed E-state index contributed by atoms with van der Waals surface area (Å²) in [6, 6.07) is 10.2. The van der Waals surface area contributed by atoms with E-state index in [-0.39, 0.29) is 0 Å². The molecule has 1 N–H and O–H groups in total. The van der Waals surface area contributed by atoms with Gasteiger partial charge < -0.3 is 0 Å². The standard InChI is InChI=1S/C22H16N6S2/c1-3-13(4-1)29-22-20-19-14(18-6-8-25-28(18)27-20)10-16(26-21(19)30-22)12-9-17-15(24-11-12)5-2-7-23-17/h2,5-11,13,27H,1,3-4H2. The summed E-state index contributed by atoms with van der Waals surface area (Å²) in [5, 5.41) is 11.1. The van der Waals surface area contributed by atoms with Crippen LogP contribution in [0.4, 0.5) is 0 Å². The third-order valence-corrected chi connectivity index (χ3v) is 8.48. The number of fused-ring (bicyclic) bond motifs is 3. The van der Waals surface area contributed by atoms with Crippen molar-refractivity contribution in [1.82, 2.24) is 29.8 Å². The van der Waals surface area contributed by atoms with E-state index in [0.717, 1.165) is 38.2 Å². The lowest BCUT2D eigenvalue weighted by Crippen LogP contribution is -2.12. The van der Waals surface area contributed by atoms with Gasteiger partial charge >= 0.3 is 0 Å². The van der Waals surface area contributed by atoms with Crippen LogP contribution in [0.2, 0.25) is 0 Å². The van der Waals surface area contributed by atoms with Crippen LogP contribution in [0.1, 0.15) is 19.3 Å². The maximum absolute atomic E-state index is 5.05. The number of nitrogens with zero attached hydrogens (tertiary/aromatic N) is 5. The first-order chi connectivity index (χ1) is 14.8. The number of hydrogen-bond donors (Lipinski definition) is 1. The van der Waals surface area contributed by atoms with Crippen LogP contribution in [0.3, 0.4) is 0 Å². The molecule has 0 unspecified atom stereocenters. The number of aromatic nitrogens is 6. The van der Waals surface area contributed by atoms with E-state index in [1.54, 1.807) is 17.5 Å². The largest absolute Gasteiger partial charge is 0.275 e. The zero-order chi connectivity index (χ0) is 19.7. The van der Waals surface area contributed by atoms with Crippen molar-refractivity contribution in [2.45, 2.75) is 28.7 Å². The molecular weight excluding hydrogens is 412 g/mol. The lowest BCUT2D eigenvalue weighted by Gasteiger charge is -2.23. The number of hydrogen-bond acceptors (Lipinski definition) is 6. The average Bonchev–Trinajstić information content (AvgIpc) is 3.36. The van der Waals surface area contributed by atoms with E-state index >= 15 is 0 Å². The predicted molar refractivity (Wildman–Crippen MR) is 122 cm³/mol. The summed E-state index contributed by atoms with van der Waals surface area (Å²) in [5.41, 5.74) is 5.87. The first-order valence-electron chi connectivity index (χ1n) is 10.0. The van der Waals surface area contributed by atoms with Gasteiger partial charge in [-0.2, -0.15) is 9.73 Å². The Balaban J connectivity index is 1.50. The Kier molecular flexibility index (Phi) is 3.50. The minimum absolute atomic E-state index is 0.716. The third-order valence-electron chi connectivity index (χ3n) is 5.84. The van der Waals surface area contributed by atoms with Gasteiger partial charge in [-0.15, -0.1) is 23.1 Å². The Morgan fingerprint density at radius 3 is 2.97 bits per heavy atom. The van der Waals surface area contributed by atoms with Crippen molar-refractivity contribution in [3.05, 3.63) is 48.9 Å². The van der Waals surface area contributed by atoms with Gasteiger partial charge in [-0.25, -0.2) is 4.98 Å². The fourth-order valence-corrected chi connectivity index (χ4v) is 6.91. The summed E-state index contributed by atoms with van der Waals surface area (Å²) in [6.45, 7) is 0. The maximum Gasteiger partial charge on any atom is 0.127 e. The SMILES string of the molecule is c1cnc2cc(-c3cc4c5c(n3)sc(SC3CCC3)c5[nH]n3nccc43)cnc2c1. The molecule has 0 bridgehead atoms. The Hall–Kier alpha value is -2.97. The number of nitrogens with one attached hydrogen (secondary N) is 1. The molecule has 0 aliphatic heterocycles. The van der Waals surface area contributed by atoms with Gasteiger partial charge in [0.15, 0.2) is 0 Å². The molecule has 6 heterocycles. The van der Waals surface area contributed by atoms with E-state index in [4.69, 9.17) is 4.98 Å². The summed E-state index contributed by atoms with van der Waals surface area (Å²) in [7, 11) is 0. The molecule has 0 amide bonds. The predicted octanol–water partition coefficient (Wildman–Crippen LogP) is 5.68. The molecule has 0 spiro atoms.